The largest absolute Gasteiger partial charge is 0.460 e. The van der Waals surface area contributed by atoms with Crippen molar-refractivity contribution in [1.82, 2.24) is 9.97 Å². The van der Waals surface area contributed by atoms with E-state index in [0.29, 0.717) is 11.5 Å². The van der Waals surface area contributed by atoms with E-state index in [1.165, 1.54) is 12.4 Å². The zero-order chi connectivity index (χ0) is 12.8. The molecule has 0 atom stereocenters. The Balaban J connectivity index is 2.06. The summed E-state index contributed by atoms with van der Waals surface area (Å²) in [6.07, 6.45) is 6.98. The average molecular weight is 243 g/mol. The van der Waals surface area contributed by atoms with Crippen molar-refractivity contribution in [3.63, 3.8) is 0 Å². The number of nitrogens with two attached hydrogens (primary N) is 1. The monoisotopic (exact) mass is 243 g/mol. The van der Waals surface area contributed by atoms with Crippen LogP contribution in [0.3, 0.4) is 0 Å². The minimum Gasteiger partial charge on any atom is -0.460 e. The predicted molar refractivity (Wildman–Crippen MR) is 68.4 cm³/mol. The zero-order valence-electron chi connectivity index (χ0n) is 9.95. The summed E-state index contributed by atoms with van der Waals surface area (Å²) < 4.78 is 5.43. The second kappa shape index (κ2) is 5.72. The van der Waals surface area contributed by atoms with E-state index in [9.17, 15) is 0 Å². The number of amidine groups is 1. The van der Waals surface area contributed by atoms with Crippen LogP contribution in [-0.2, 0) is 6.42 Å². The van der Waals surface area contributed by atoms with Crippen LogP contribution in [0.5, 0.6) is 0 Å². The lowest BCUT2D eigenvalue weighted by Gasteiger charge is -1.94. The first-order valence-electron chi connectivity index (χ1n) is 5.51. The minimum absolute atomic E-state index is 0.210. The first kappa shape index (κ1) is 12.0. The number of rotatable bonds is 4. The molecule has 2 N–H and O–H groups in total. The van der Waals surface area contributed by atoms with Gasteiger partial charge in [0.1, 0.15) is 17.2 Å². The molecular formula is C12H13N5O. The Kier molecular flexibility index (Phi) is 3.80. The van der Waals surface area contributed by atoms with Crippen LogP contribution in [0.15, 0.2) is 45.3 Å². The summed E-state index contributed by atoms with van der Waals surface area (Å²) in [6, 6.07) is 3.73. The van der Waals surface area contributed by atoms with E-state index < -0.39 is 0 Å². The molecule has 0 spiro atoms. The van der Waals surface area contributed by atoms with Crippen LogP contribution in [0.2, 0.25) is 0 Å². The second-order valence-electron chi connectivity index (χ2n) is 3.48. The highest BCUT2D eigenvalue weighted by atomic mass is 16.3. The molecule has 0 radical (unpaired) electrons. The van der Waals surface area contributed by atoms with Crippen molar-refractivity contribution >= 4 is 12.1 Å². The average Bonchev–Trinajstić information content (AvgIpc) is 2.87. The molecule has 0 unspecified atom stereocenters. The number of nitrogens with zero attached hydrogens (tertiary/aromatic N) is 4. The Morgan fingerprint density at radius 3 is 3.00 bits per heavy atom. The van der Waals surface area contributed by atoms with E-state index >= 15 is 0 Å². The lowest BCUT2D eigenvalue weighted by atomic mass is 10.4. The molecule has 2 rings (SSSR count). The number of hydrogen-bond acceptors (Lipinski definition) is 5. The molecular weight excluding hydrogens is 230 g/mol. The number of furan rings is 1. The number of aryl methyl sites for hydroxylation is 1. The molecule has 6 heteroatoms. The fourth-order valence-electron chi connectivity index (χ4n) is 1.28. The molecule has 0 aliphatic rings. The summed E-state index contributed by atoms with van der Waals surface area (Å²) in [7, 11) is 0. The van der Waals surface area contributed by atoms with Crippen molar-refractivity contribution in [2.45, 2.75) is 13.3 Å². The summed E-state index contributed by atoms with van der Waals surface area (Å²) in [6.45, 7) is 2.02. The Bertz CT molecular complexity index is 559. The van der Waals surface area contributed by atoms with Gasteiger partial charge in [0.15, 0.2) is 5.84 Å². The maximum absolute atomic E-state index is 5.69. The minimum atomic E-state index is 0.210. The first-order chi connectivity index (χ1) is 8.79. The number of aromatic nitrogens is 2. The molecule has 6 nitrogen and oxygen atoms in total. The van der Waals surface area contributed by atoms with E-state index in [-0.39, 0.29) is 5.84 Å². The van der Waals surface area contributed by atoms with Gasteiger partial charge in [0.2, 0.25) is 0 Å². The first-order valence-corrected chi connectivity index (χ1v) is 5.51. The fraction of sp³-hybridized carbons (Fsp3) is 0.167. The maximum atomic E-state index is 5.69. The molecule has 0 amide bonds. The highest BCUT2D eigenvalue weighted by molar-refractivity contribution is 5.95. The van der Waals surface area contributed by atoms with E-state index in [0.717, 1.165) is 12.2 Å². The van der Waals surface area contributed by atoms with E-state index in [4.69, 9.17) is 10.2 Å². The maximum Gasteiger partial charge on any atom is 0.173 e. The lowest BCUT2D eigenvalue weighted by Crippen LogP contribution is -2.14. The Labute approximate surface area is 104 Å². The van der Waals surface area contributed by atoms with Gasteiger partial charge in [-0.1, -0.05) is 6.92 Å². The van der Waals surface area contributed by atoms with Gasteiger partial charge < -0.3 is 10.2 Å². The molecule has 0 saturated carbocycles. The van der Waals surface area contributed by atoms with Crippen LogP contribution in [0.1, 0.15) is 24.1 Å². The van der Waals surface area contributed by atoms with Gasteiger partial charge in [0, 0.05) is 18.8 Å². The van der Waals surface area contributed by atoms with Gasteiger partial charge >= 0.3 is 0 Å². The van der Waals surface area contributed by atoms with Gasteiger partial charge in [0.05, 0.1) is 12.4 Å². The Hall–Kier alpha value is -2.50. The molecule has 0 saturated heterocycles. The number of hydrogen-bond donors (Lipinski definition) is 1. The van der Waals surface area contributed by atoms with E-state index in [2.05, 4.69) is 20.2 Å². The Morgan fingerprint density at radius 1 is 1.44 bits per heavy atom. The van der Waals surface area contributed by atoms with Gasteiger partial charge in [-0.05, 0) is 12.1 Å². The topological polar surface area (TPSA) is 89.7 Å². The van der Waals surface area contributed by atoms with Crippen molar-refractivity contribution in [3.8, 4) is 0 Å². The van der Waals surface area contributed by atoms with Crippen molar-refractivity contribution in [2.75, 3.05) is 0 Å². The molecule has 0 aliphatic carbocycles. The van der Waals surface area contributed by atoms with Crippen LogP contribution in [0.4, 0.5) is 0 Å². The van der Waals surface area contributed by atoms with E-state index in [1.54, 1.807) is 12.4 Å². The third-order valence-corrected chi connectivity index (χ3v) is 2.21. The third kappa shape index (κ3) is 3.00. The van der Waals surface area contributed by atoms with Crippen LogP contribution in [0, 0.1) is 0 Å². The summed E-state index contributed by atoms with van der Waals surface area (Å²) in [5.74, 6) is 1.76. The fourth-order valence-corrected chi connectivity index (χ4v) is 1.28. The van der Waals surface area contributed by atoms with Gasteiger partial charge in [-0.15, -0.1) is 5.10 Å². The molecule has 0 bridgehead atoms. The van der Waals surface area contributed by atoms with Crippen LogP contribution in [0.25, 0.3) is 0 Å². The molecule has 0 fully saturated rings. The molecule has 0 aliphatic heterocycles. The van der Waals surface area contributed by atoms with Crippen LogP contribution < -0.4 is 5.73 Å². The highest BCUT2D eigenvalue weighted by Crippen LogP contribution is 2.05. The standard InChI is InChI=1S/C12H13N5O/c1-2-9-3-4-10(18-9)7-16-17-12(13)11-8-14-5-6-15-11/h3-8H,2H2,1H3,(H2,13,17)/b16-7+. The van der Waals surface area contributed by atoms with Crippen molar-refractivity contribution < 1.29 is 4.42 Å². The van der Waals surface area contributed by atoms with E-state index in [1.807, 2.05) is 19.1 Å². The predicted octanol–water partition coefficient (Wildman–Crippen LogP) is 1.37. The van der Waals surface area contributed by atoms with Gasteiger partial charge in [0.25, 0.3) is 0 Å². The highest BCUT2D eigenvalue weighted by Gasteiger charge is 1.99. The molecule has 92 valence electrons. The Morgan fingerprint density at radius 2 is 2.33 bits per heavy atom. The summed E-state index contributed by atoms with van der Waals surface area (Å²) in [5.41, 5.74) is 6.18. The lowest BCUT2D eigenvalue weighted by molar-refractivity contribution is 0.510. The van der Waals surface area contributed by atoms with Gasteiger partial charge in [-0.2, -0.15) is 5.10 Å². The van der Waals surface area contributed by atoms with Crippen molar-refractivity contribution in [2.24, 2.45) is 15.9 Å². The third-order valence-electron chi connectivity index (χ3n) is 2.21. The molecule has 2 aromatic rings. The summed E-state index contributed by atoms with van der Waals surface area (Å²) >= 11 is 0. The normalized spacial score (nSPS) is 12.2. The SMILES string of the molecule is CCc1ccc(/C=N/N=C(\N)c2cnccn2)o1. The molecule has 2 aromatic heterocycles. The molecule has 18 heavy (non-hydrogen) atoms. The van der Waals surface area contributed by atoms with Crippen LogP contribution in [-0.4, -0.2) is 22.0 Å². The van der Waals surface area contributed by atoms with Crippen molar-refractivity contribution in [1.29, 1.82) is 0 Å². The summed E-state index contributed by atoms with van der Waals surface area (Å²) in [5, 5.41) is 7.67. The molecule has 0 aromatic carbocycles. The van der Waals surface area contributed by atoms with Gasteiger partial charge in [-0.25, -0.2) is 4.98 Å². The van der Waals surface area contributed by atoms with Crippen LogP contribution >= 0.6 is 0 Å². The second-order valence-corrected chi connectivity index (χ2v) is 3.48. The molecule has 2 heterocycles. The smallest absolute Gasteiger partial charge is 0.173 e. The van der Waals surface area contributed by atoms with Crippen molar-refractivity contribution in [3.05, 3.63) is 47.9 Å². The quantitative estimate of drug-likeness (QED) is 0.499. The summed E-state index contributed by atoms with van der Waals surface area (Å²) in [4.78, 5) is 7.90. The van der Waals surface area contributed by atoms with Gasteiger partial charge in [-0.3, -0.25) is 4.98 Å². The zero-order valence-corrected chi connectivity index (χ0v) is 9.95.